The van der Waals surface area contributed by atoms with Gasteiger partial charge in [0.15, 0.2) is 0 Å². The molecule has 4 heteroatoms. The van der Waals surface area contributed by atoms with Gasteiger partial charge in [-0.05, 0) is 89.5 Å². The Morgan fingerprint density at radius 3 is 2.23 bits per heavy atom. The van der Waals surface area contributed by atoms with Gasteiger partial charge in [0.2, 0.25) is 0 Å². The van der Waals surface area contributed by atoms with Crippen molar-refractivity contribution in [3.63, 3.8) is 0 Å². The Morgan fingerprint density at radius 1 is 1.03 bits per heavy atom. The number of ether oxygens (including phenoxy) is 1. The van der Waals surface area contributed by atoms with E-state index in [4.69, 9.17) is 4.74 Å². The summed E-state index contributed by atoms with van der Waals surface area (Å²) in [6.45, 7) is 11.6. The second-order valence-corrected chi connectivity index (χ2v) is 10.5. The molecule has 1 aromatic carbocycles. The molecule has 4 nitrogen and oxygen atoms in total. The van der Waals surface area contributed by atoms with E-state index in [0.29, 0.717) is 0 Å². The molecular formula is C27H33NO3. The van der Waals surface area contributed by atoms with E-state index >= 15 is 0 Å². The van der Waals surface area contributed by atoms with E-state index in [-0.39, 0.29) is 16.4 Å². The van der Waals surface area contributed by atoms with E-state index in [0.717, 1.165) is 18.5 Å². The number of methoxy groups -OCH3 is 1. The molecule has 164 valence electrons. The fourth-order valence-electron chi connectivity index (χ4n) is 5.26. The maximum Gasteiger partial charge on any atom is 0.337 e. The number of aryl methyl sites for hydroxylation is 1. The molecule has 2 aliphatic rings. The molecule has 31 heavy (non-hydrogen) atoms. The summed E-state index contributed by atoms with van der Waals surface area (Å²) < 4.78 is 5.98. The van der Waals surface area contributed by atoms with Gasteiger partial charge >= 0.3 is 5.97 Å². The van der Waals surface area contributed by atoms with Crippen molar-refractivity contribution in [3.8, 4) is 0 Å². The molecule has 1 aromatic heterocycles. The molecule has 0 amide bonds. The summed E-state index contributed by atoms with van der Waals surface area (Å²) in [5, 5.41) is 9.18. The Hall–Kier alpha value is -2.46. The first-order valence-electron chi connectivity index (χ1n) is 11.1. The van der Waals surface area contributed by atoms with Crippen molar-refractivity contribution >= 4 is 11.5 Å². The quantitative estimate of drug-likeness (QED) is 0.645. The average molecular weight is 420 g/mol. The minimum Gasteiger partial charge on any atom is -0.478 e. The Morgan fingerprint density at radius 2 is 1.68 bits per heavy atom. The van der Waals surface area contributed by atoms with Gasteiger partial charge in [-0.15, -0.1) is 0 Å². The van der Waals surface area contributed by atoms with E-state index in [1.807, 2.05) is 0 Å². The Labute approximate surface area is 185 Å². The van der Waals surface area contributed by atoms with Gasteiger partial charge in [-0.1, -0.05) is 39.8 Å². The summed E-state index contributed by atoms with van der Waals surface area (Å²) in [5.74, 6) is -0.969. The van der Waals surface area contributed by atoms with Crippen LogP contribution in [-0.2, 0) is 21.2 Å². The monoisotopic (exact) mass is 419 g/mol. The van der Waals surface area contributed by atoms with Gasteiger partial charge < -0.3 is 9.84 Å². The maximum atomic E-state index is 11.2. The van der Waals surface area contributed by atoms with Crippen LogP contribution in [0.5, 0.6) is 0 Å². The Kier molecular flexibility index (Phi) is 5.13. The predicted molar refractivity (Wildman–Crippen MR) is 124 cm³/mol. The zero-order valence-corrected chi connectivity index (χ0v) is 19.5. The number of carboxylic acids is 1. The van der Waals surface area contributed by atoms with Crippen LogP contribution in [0.2, 0.25) is 0 Å². The van der Waals surface area contributed by atoms with E-state index < -0.39 is 11.6 Å². The molecule has 0 saturated heterocycles. The van der Waals surface area contributed by atoms with Crippen molar-refractivity contribution < 1.29 is 14.6 Å². The van der Waals surface area contributed by atoms with E-state index in [1.165, 1.54) is 46.9 Å². The minimum atomic E-state index is -0.969. The normalized spacial score (nSPS) is 23.9. The SMILES string of the molecule is COC1(c2ccc(C(=O)O)cn2)C=C(c2cc3c(cc2C)C(C)(C)CCC3(C)C)CC1. The number of benzene rings is 1. The van der Waals surface area contributed by atoms with Gasteiger partial charge in [0.25, 0.3) is 0 Å². The molecule has 0 saturated carbocycles. The summed E-state index contributed by atoms with van der Waals surface area (Å²) in [6, 6.07) is 8.20. The minimum absolute atomic E-state index is 0.166. The first-order valence-corrected chi connectivity index (χ1v) is 11.1. The fraction of sp³-hybridized carbons (Fsp3) is 0.481. The highest BCUT2D eigenvalue weighted by Gasteiger charge is 2.40. The number of allylic oxidation sites excluding steroid dienone is 1. The number of pyridine rings is 1. The molecule has 1 N–H and O–H groups in total. The predicted octanol–water partition coefficient (Wildman–Crippen LogP) is 6.16. The number of fused-ring (bicyclic) bond motifs is 1. The molecule has 0 fully saturated rings. The van der Waals surface area contributed by atoms with Crippen LogP contribution in [0.15, 0.2) is 36.5 Å². The van der Waals surface area contributed by atoms with Crippen molar-refractivity contribution in [1.82, 2.24) is 4.98 Å². The molecule has 4 rings (SSSR count). The zero-order valence-electron chi connectivity index (χ0n) is 19.5. The van der Waals surface area contributed by atoms with Crippen LogP contribution in [0.3, 0.4) is 0 Å². The van der Waals surface area contributed by atoms with Gasteiger partial charge in [-0.2, -0.15) is 0 Å². The lowest BCUT2D eigenvalue weighted by molar-refractivity contribution is 0.0254. The van der Waals surface area contributed by atoms with E-state index in [2.05, 4.69) is 57.8 Å². The molecular weight excluding hydrogens is 386 g/mol. The van der Waals surface area contributed by atoms with Crippen molar-refractivity contribution in [3.05, 3.63) is 70.0 Å². The first kappa shape index (κ1) is 21.8. The molecule has 0 bridgehead atoms. The van der Waals surface area contributed by atoms with Crippen LogP contribution < -0.4 is 0 Å². The van der Waals surface area contributed by atoms with Crippen LogP contribution >= 0.6 is 0 Å². The summed E-state index contributed by atoms with van der Waals surface area (Å²) in [6.07, 6.45) is 7.71. The number of carboxylic acid groups (broad SMARTS) is 1. The summed E-state index contributed by atoms with van der Waals surface area (Å²) >= 11 is 0. The second-order valence-electron chi connectivity index (χ2n) is 10.5. The zero-order chi connectivity index (χ0) is 22.6. The van der Waals surface area contributed by atoms with Gasteiger partial charge in [-0.25, -0.2) is 4.79 Å². The number of carbonyl (C=O) groups is 1. The largest absolute Gasteiger partial charge is 0.478 e. The third kappa shape index (κ3) is 3.61. The van der Waals surface area contributed by atoms with E-state index in [9.17, 15) is 9.90 Å². The fourth-order valence-corrected chi connectivity index (χ4v) is 5.26. The van der Waals surface area contributed by atoms with Crippen LogP contribution in [-0.4, -0.2) is 23.2 Å². The van der Waals surface area contributed by atoms with Crippen molar-refractivity contribution in [1.29, 1.82) is 0 Å². The third-order valence-corrected chi connectivity index (χ3v) is 7.53. The lowest BCUT2D eigenvalue weighted by Gasteiger charge is -2.42. The van der Waals surface area contributed by atoms with Gasteiger partial charge in [0.1, 0.15) is 5.60 Å². The summed E-state index contributed by atoms with van der Waals surface area (Å²) in [7, 11) is 1.71. The molecule has 1 heterocycles. The highest BCUT2D eigenvalue weighted by molar-refractivity contribution is 5.87. The van der Waals surface area contributed by atoms with Crippen LogP contribution in [0.1, 0.15) is 91.7 Å². The topological polar surface area (TPSA) is 59.4 Å². The molecule has 0 aliphatic heterocycles. The number of aromatic carboxylic acids is 1. The van der Waals surface area contributed by atoms with Crippen LogP contribution in [0, 0.1) is 6.92 Å². The highest BCUT2D eigenvalue weighted by atomic mass is 16.5. The molecule has 2 aliphatic carbocycles. The maximum absolute atomic E-state index is 11.2. The lowest BCUT2D eigenvalue weighted by atomic mass is 9.62. The third-order valence-electron chi connectivity index (χ3n) is 7.53. The van der Waals surface area contributed by atoms with Crippen molar-refractivity contribution in [2.75, 3.05) is 7.11 Å². The average Bonchev–Trinajstić information content (AvgIpc) is 3.17. The van der Waals surface area contributed by atoms with Crippen molar-refractivity contribution in [2.24, 2.45) is 0 Å². The number of aromatic nitrogens is 1. The molecule has 1 atom stereocenters. The summed E-state index contributed by atoms with van der Waals surface area (Å²) in [4.78, 5) is 15.6. The number of nitrogens with zero attached hydrogens (tertiary/aromatic N) is 1. The Bertz CT molecular complexity index is 1060. The standard InChI is InChI=1S/C27H33NO3/c1-17-13-21-22(26(4,5)12-11-25(21,2)3)14-20(17)18-9-10-27(15-18,31-6)23-8-7-19(16-28-23)24(29)30/h7-8,13-16H,9-12H2,1-6H3,(H,29,30). The molecule has 0 radical (unpaired) electrons. The number of hydrogen-bond acceptors (Lipinski definition) is 3. The van der Waals surface area contributed by atoms with E-state index in [1.54, 1.807) is 19.2 Å². The molecule has 2 aromatic rings. The smallest absolute Gasteiger partial charge is 0.337 e. The Balaban J connectivity index is 1.78. The van der Waals surface area contributed by atoms with Crippen LogP contribution in [0.25, 0.3) is 5.57 Å². The number of rotatable bonds is 4. The first-order chi connectivity index (χ1) is 14.5. The van der Waals surface area contributed by atoms with Gasteiger partial charge in [-0.3, -0.25) is 4.98 Å². The lowest BCUT2D eigenvalue weighted by Crippen LogP contribution is -2.34. The molecule has 0 spiro atoms. The van der Waals surface area contributed by atoms with Crippen molar-refractivity contribution in [2.45, 2.75) is 76.7 Å². The highest BCUT2D eigenvalue weighted by Crippen LogP contribution is 2.49. The number of hydrogen-bond donors (Lipinski definition) is 1. The van der Waals surface area contributed by atoms with Gasteiger partial charge in [0, 0.05) is 13.3 Å². The molecule has 1 unspecified atom stereocenters. The van der Waals surface area contributed by atoms with Gasteiger partial charge in [0.05, 0.1) is 11.3 Å². The van der Waals surface area contributed by atoms with Crippen LogP contribution in [0.4, 0.5) is 0 Å². The summed E-state index contributed by atoms with van der Waals surface area (Å²) in [5.41, 5.74) is 7.51. The second kappa shape index (κ2) is 7.30.